The second kappa shape index (κ2) is 8.11. The van der Waals surface area contributed by atoms with Crippen LogP contribution >= 0.6 is 0 Å². The van der Waals surface area contributed by atoms with Gasteiger partial charge in [-0.05, 0) is 44.0 Å². The molecule has 1 aliphatic rings. The fourth-order valence-electron chi connectivity index (χ4n) is 2.40. The second-order valence-electron chi connectivity index (χ2n) is 6.59. The Labute approximate surface area is 169 Å². The van der Waals surface area contributed by atoms with Gasteiger partial charge >= 0.3 is 12.1 Å². The zero-order chi connectivity index (χ0) is 22.1. The third-order valence-electron chi connectivity index (χ3n) is 4.09. The van der Waals surface area contributed by atoms with Gasteiger partial charge in [0.1, 0.15) is 0 Å². The van der Waals surface area contributed by atoms with E-state index < -0.39 is 56.3 Å². The molecule has 1 unspecified atom stereocenters. The van der Waals surface area contributed by atoms with Crippen molar-refractivity contribution in [2.24, 2.45) is 0 Å². The third-order valence-corrected chi connectivity index (χ3v) is 5.48. The minimum Gasteiger partial charge on any atom is -0.447 e. The van der Waals surface area contributed by atoms with Gasteiger partial charge in [-0.1, -0.05) is 12.1 Å². The second-order valence-corrected chi connectivity index (χ2v) is 8.24. The maximum absolute atomic E-state index is 13.0. The van der Waals surface area contributed by atoms with Gasteiger partial charge in [-0.2, -0.15) is 13.2 Å². The Hall–Kier alpha value is -2.86. The van der Waals surface area contributed by atoms with E-state index in [9.17, 15) is 31.2 Å². The quantitative estimate of drug-likeness (QED) is 0.632. The van der Waals surface area contributed by atoms with Crippen molar-refractivity contribution in [3.8, 4) is 0 Å². The summed E-state index contributed by atoms with van der Waals surface area (Å²) in [5.74, 6) is -2.62. The van der Waals surface area contributed by atoms with Crippen LogP contribution in [-0.4, -0.2) is 32.4 Å². The number of sulfonamides is 1. The van der Waals surface area contributed by atoms with Crippen molar-refractivity contribution in [2.75, 3.05) is 5.32 Å². The molecule has 12 heteroatoms. The standard InChI is InChI=1S/C18H17F3N2O6S/c1-10(16(24)22-13-5-3-2-4-12(13)18(19,20)21)28-17(25)14-8-9-15(29-14)30(26,27)23-11-6-7-11/h2-5,8-11,23H,6-7H2,1H3,(H,22,24). The van der Waals surface area contributed by atoms with E-state index in [-0.39, 0.29) is 6.04 Å². The number of amides is 1. The molecule has 0 spiro atoms. The Morgan fingerprint density at radius 1 is 1.17 bits per heavy atom. The largest absolute Gasteiger partial charge is 0.447 e. The first-order valence-corrected chi connectivity index (χ1v) is 10.3. The highest BCUT2D eigenvalue weighted by Crippen LogP contribution is 2.34. The third kappa shape index (κ3) is 5.19. The van der Waals surface area contributed by atoms with Gasteiger partial charge in [0.05, 0.1) is 11.3 Å². The number of nitrogens with one attached hydrogen (secondary N) is 2. The van der Waals surface area contributed by atoms with Crippen LogP contribution in [0.2, 0.25) is 0 Å². The minimum atomic E-state index is -4.69. The summed E-state index contributed by atoms with van der Waals surface area (Å²) in [7, 11) is -3.92. The minimum absolute atomic E-state index is 0.168. The maximum Gasteiger partial charge on any atom is 0.418 e. The molecule has 1 saturated carbocycles. The molecule has 30 heavy (non-hydrogen) atoms. The fourth-order valence-corrected chi connectivity index (χ4v) is 3.64. The molecule has 0 radical (unpaired) electrons. The number of anilines is 1. The molecular formula is C18H17F3N2O6S. The lowest BCUT2D eigenvalue weighted by molar-refractivity contribution is -0.137. The Bertz CT molecular complexity index is 1060. The van der Waals surface area contributed by atoms with Crippen LogP contribution in [0.25, 0.3) is 0 Å². The molecule has 1 aromatic carbocycles. The van der Waals surface area contributed by atoms with Crippen LogP contribution in [0.15, 0.2) is 45.9 Å². The number of alkyl halides is 3. The van der Waals surface area contributed by atoms with E-state index >= 15 is 0 Å². The van der Waals surface area contributed by atoms with E-state index in [1.54, 1.807) is 0 Å². The number of esters is 1. The molecule has 1 aliphatic carbocycles. The molecular weight excluding hydrogens is 429 g/mol. The van der Waals surface area contributed by atoms with Crippen LogP contribution in [0, 0.1) is 0 Å². The number of furan rings is 1. The first-order valence-electron chi connectivity index (χ1n) is 8.77. The number of para-hydroxylation sites is 1. The molecule has 1 atom stereocenters. The lowest BCUT2D eigenvalue weighted by Gasteiger charge is -2.16. The number of ether oxygens (including phenoxy) is 1. The summed E-state index contributed by atoms with van der Waals surface area (Å²) in [5, 5.41) is 1.57. The summed E-state index contributed by atoms with van der Waals surface area (Å²) in [6.07, 6.45) is -4.75. The van der Waals surface area contributed by atoms with E-state index in [4.69, 9.17) is 9.15 Å². The molecule has 0 aliphatic heterocycles. The van der Waals surface area contributed by atoms with E-state index in [1.165, 1.54) is 12.1 Å². The van der Waals surface area contributed by atoms with Crippen molar-refractivity contribution >= 4 is 27.6 Å². The smallest absolute Gasteiger partial charge is 0.418 e. The first-order chi connectivity index (χ1) is 14.0. The summed E-state index contributed by atoms with van der Waals surface area (Å²) >= 11 is 0. The number of benzene rings is 1. The SMILES string of the molecule is CC(OC(=O)c1ccc(S(=O)(=O)NC2CC2)o1)C(=O)Nc1ccccc1C(F)(F)F. The Kier molecular flexibility index (Phi) is 5.90. The molecule has 1 fully saturated rings. The Balaban J connectivity index is 1.64. The van der Waals surface area contributed by atoms with Gasteiger partial charge in [-0.15, -0.1) is 0 Å². The average Bonchev–Trinajstić information content (AvgIpc) is 3.30. The highest BCUT2D eigenvalue weighted by atomic mass is 32.2. The summed E-state index contributed by atoms with van der Waals surface area (Å²) < 4.78 is 75.4. The molecule has 1 aromatic heterocycles. The maximum atomic E-state index is 13.0. The molecule has 162 valence electrons. The number of carbonyl (C=O) groups is 2. The number of hydrogen-bond acceptors (Lipinski definition) is 6. The highest BCUT2D eigenvalue weighted by molar-refractivity contribution is 7.89. The summed E-state index contributed by atoms with van der Waals surface area (Å²) in [6.45, 7) is 1.15. The van der Waals surface area contributed by atoms with Crippen LogP contribution in [0.1, 0.15) is 35.9 Å². The van der Waals surface area contributed by atoms with E-state index in [0.29, 0.717) is 12.8 Å². The van der Waals surface area contributed by atoms with Gasteiger partial charge in [-0.25, -0.2) is 17.9 Å². The Morgan fingerprint density at radius 3 is 2.47 bits per heavy atom. The zero-order valence-corrected chi connectivity index (χ0v) is 16.3. The van der Waals surface area contributed by atoms with Crippen LogP contribution < -0.4 is 10.0 Å². The monoisotopic (exact) mass is 446 g/mol. The molecule has 2 aromatic rings. The lowest BCUT2D eigenvalue weighted by Crippen LogP contribution is -2.30. The fraction of sp³-hybridized carbons (Fsp3) is 0.333. The summed E-state index contributed by atoms with van der Waals surface area (Å²) in [6, 6.07) is 6.29. The van der Waals surface area contributed by atoms with Gasteiger partial charge in [0, 0.05) is 6.04 Å². The van der Waals surface area contributed by atoms with Gasteiger partial charge in [0.2, 0.25) is 10.9 Å². The van der Waals surface area contributed by atoms with E-state index in [0.717, 1.165) is 31.2 Å². The zero-order valence-electron chi connectivity index (χ0n) is 15.5. The van der Waals surface area contributed by atoms with E-state index in [2.05, 4.69) is 10.0 Å². The van der Waals surface area contributed by atoms with Crippen molar-refractivity contribution in [1.29, 1.82) is 0 Å². The number of hydrogen-bond donors (Lipinski definition) is 2. The molecule has 3 rings (SSSR count). The molecule has 0 saturated heterocycles. The van der Waals surface area contributed by atoms with Crippen LogP contribution in [0.4, 0.5) is 18.9 Å². The first kappa shape index (κ1) is 21.8. The molecule has 1 amide bonds. The predicted octanol–water partition coefficient (Wildman–Crippen LogP) is 2.92. The molecule has 8 nitrogen and oxygen atoms in total. The van der Waals surface area contributed by atoms with E-state index in [1.807, 2.05) is 0 Å². The summed E-state index contributed by atoms with van der Waals surface area (Å²) in [4.78, 5) is 24.3. The molecule has 2 N–H and O–H groups in total. The average molecular weight is 446 g/mol. The highest BCUT2D eigenvalue weighted by Gasteiger charge is 2.34. The van der Waals surface area contributed by atoms with Crippen molar-refractivity contribution in [3.63, 3.8) is 0 Å². The van der Waals surface area contributed by atoms with Crippen molar-refractivity contribution < 1.29 is 40.3 Å². The van der Waals surface area contributed by atoms with Crippen molar-refractivity contribution in [1.82, 2.24) is 4.72 Å². The molecule has 1 heterocycles. The molecule has 0 bridgehead atoms. The van der Waals surface area contributed by atoms with Crippen molar-refractivity contribution in [3.05, 3.63) is 47.7 Å². The normalized spacial score (nSPS) is 15.5. The summed E-state index contributed by atoms with van der Waals surface area (Å²) in [5.41, 5.74) is -1.55. The predicted molar refractivity (Wildman–Crippen MR) is 97.0 cm³/mol. The number of rotatable bonds is 7. The van der Waals surface area contributed by atoms with Crippen LogP contribution in [-0.2, 0) is 25.7 Å². The van der Waals surface area contributed by atoms with Crippen molar-refractivity contribution in [2.45, 2.75) is 43.2 Å². The number of carbonyl (C=O) groups excluding carboxylic acids is 2. The van der Waals surface area contributed by atoms with Crippen LogP contribution in [0.3, 0.4) is 0 Å². The van der Waals surface area contributed by atoms with Gasteiger partial charge in [-0.3, -0.25) is 4.79 Å². The van der Waals surface area contributed by atoms with Gasteiger partial charge in [0.15, 0.2) is 6.10 Å². The topological polar surface area (TPSA) is 115 Å². The Morgan fingerprint density at radius 2 is 1.83 bits per heavy atom. The lowest BCUT2D eigenvalue weighted by atomic mass is 10.1. The number of halogens is 3. The van der Waals surface area contributed by atoms with Gasteiger partial charge in [0.25, 0.3) is 15.9 Å². The van der Waals surface area contributed by atoms with Gasteiger partial charge < -0.3 is 14.5 Å². The van der Waals surface area contributed by atoms with Crippen LogP contribution in [0.5, 0.6) is 0 Å².